The summed E-state index contributed by atoms with van der Waals surface area (Å²) >= 11 is 1.09. The molecule has 4 aromatic rings. The van der Waals surface area contributed by atoms with E-state index in [1.165, 1.54) is 54.7 Å². The van der Waals surface area contributed by atoms with Crippen LogP contribution in [0.25, 0.3) is 10.2 Å². The standard InChI is InChI=1S/C21H16FN3O5S2/c1-32(28,29)15-8-9-17-18(11-15)31-21(23-17)24-19(26)16-3-2-10-25(20(16)27)30-12-13-4-6-14(22)7-5-13/h2-11H,12H2,1H3,(H,23,24,26). The molecule has 0 bridgehead atoms. The largest absolute Gasteiger partial charge is 0.406 e. The molecule has 2 heterocycles. The molecule has 0 unspecified atom stereocenters. The van der Waals surface area contributed by atoms with Gasteiger partial charge in [-0.05, 0) is 48.0 Å². The summed E-state index contributed by atoms with van der Waals surface area (Å²) < 4.78 is 38.0. The first-order valence-electron chi connectivity index (χ1n) is 9.22. The van der Waals surface area contributed by atoms with Gasteiger partial charge in [0.05, 0.1) is 15.1 Å². The number of hydrogen-bond donors (Lipinski definition) is 1. The number of anilines is 1. The number of thiazole rings is 1. The number of halogens is 1. The highest BCUT2D eigenvalue weighted by molar-refractivity contribution is 7.90. The maximum Gasteiger partial charge on any atom is 0.295 e. The number of carbonyl (C=O) groups is 1. The summed E-state index contributed by atoms with van der Waals surface area (Å²) in [5.74, 6) is -1.07. The predicted molar refractivity (Wildman–Crippen MR) is 118 cm³/mol. The Hall–Kier alpha value is -3.57. The molecule has 0 saturated heterocycles. The minimum Gasteiger partial charge on any atom is -0.406 e. The van der Waals surface area contributed by atoms with Crippen molar-refractivity contribution in [2.75, 3.05) is 11.6 Å². The molecule has 0 aliphatic heterocycles. The van der Waals surface area contributed by atoms with Crippen LogP contribution in [-0.2, 0) is 16.4 Å². The fourth-order valence-electron chi connectivity index (χ4n) is 2.83. The van der Waals surface area contributed by atoms with Crippen LogP contribution in [0.5, 0.6) is 0 Å². The van der Waals surface area contributed by atoms with Crippen LogP contribution in [0.2, 0.25) is 0 Å². The molecule has 32 heavy (non-hydrogen) atoms. The highest BCUT2D eigenvalue weighted by Crippen LogP contribution is 2.28. The Labute approximate surface area is 185 Å². The Balaban J connectivity index is 1.52. The molecule has 1 N–H and O–H groups in total. The first kappa shape index (κ1) is 21.7. The van der Waals surface area contributed by atoms with Crippen LogP contribution in [-0.4, -0.2) is 30.3 Å². The second kappa shape index (κ2) is 8.52. The van der Waals surface area contributed by atoms with Gasteiger partial charge in [-0.1, -0.05) is 23.5 Å². The number of carbonyl (C=O) groups excluding carboxylic acids is 1. The van der Waals surface area contributed by atoms with Crippen LogP contribution in [0.15, 0.2) is 70.5 Å². The van der Waals surface area contributed by atoms with Crippen molar-refractivity contribution in [1.29, 1.82) is 0 Å². The van der Waals surface area contributed by atoms with E-state index in [-0.39, 0.29) is 28.0 Å². The number of nitrogens with one attached hydrogen (secondary N) is 1. The minimum absolute atomic E-state index is 0.00575. The van der Waals surface area contributed by atoms with Crippen molar-refractivity contribution in [3.05, 3.63) is 88.1 Å². The number of sulfone groups is 1. The molecule has 2 aromatic carbocycles. The normalized spacial score (nSPS) is 11.4. The second-order valence-electron chi connectivity index (χ2n) is 6.83. The van der Waals surface area contributed by atoms with Gasteiger partial charge in [-0.15, -0.1) is 0 Å². The fourth-order valence-corrected chi connectivity index (χ4v) is 4.45. The summed E-state index contributed by atoms with van der Waals surface area (Å²) in [4.78, 5) is 35.1. The Morgan fingerprint density at radius 1 is 1.19 bits per heavy atom. The SMILES string of the molecule is CS(=O)(=O)c1ccc2nc(NC(=O)c3cccn(OCc4ccc(F)cc4)c3=O)sc2c1. The molecule has 2 aromatic heterocycles. The van der Waals surface area contributed by atoms with Gasteiger partial charge in [-0.3, -0.25) is 14.9 Å². The lowest BCUT2D eigenvalue weighted by Crippen LogP contribution is -2.32. The molecule has 0 spiro atoms. The smallest absolute Gasteiger partial charge is 0.295 e. The second-order valence-corrected chi connectivity index (χ2v) is 9.87. The van der Waals surface area contributed by atoms with Gasteiger partial charge in [0.1, 0.15) is 18.0 Å². The van der Waals surface area contributed by atoms with Gasteiger partial charge in [0.2, 0.25) is 0 Å². The number of fused-ring (bicyclic) bond motifs is 1. The molecule has 0 atom stereocenters. The van der Waals surface area contributed by atoms with E-state index >= 15 is 0 Å². The van der Waals surface area contributed by atoms with E-state index in [9.17, 15) is 22.4 Å². The number of amides is 1. The topological polar surface area (TPSA) is 107 Å². The molecule has 8 nitrogen and oxygen atoms in total. The van der Waals surface area contributed by atoms with Crippen molar-refractivity contribution in [2.45, 2.75) is 11.5 Å². The summed E-state index contributed by atoms with van der Waals surface area (Å²) in [7, 11) is -3.37. The zero-order valence-electron chi connectivity index (χ0n) is 16.6. The van der Waals surface area contributed by atoms with Gasteiger partial charge >= 0.3 is 0 Å². The third kappa shape index (κ3) is 4.68. The van der Waals surface area contributed by atoms with Crippen LogP contribution in [0.3, 0.4) is 0 Å². The zero-order valence-corrected chi connectivity index (χ0v) is 18.2. The van der Waals surface area contributed by atoms with Crippen molar-refractivity contribution < 1.29 is 22.4 Å². The average molecular weight is 474 g/mol. The van der Waals surface area contributed by atoms with Gasteiger partial charge in [-0.25, -0.2) is 17.8 Å². The summed E-state index contributed by atoms with van der Waals surface area (Å²) in [6.07, 6.45) is 2.48. The van der Waals surface area contributed by atoms with Gasteiger partial charge in [0.15, 0.2) is 15.0 Å². The van der Waals surface area contributed by atoms with Crippen LogP contribution in [0.1, 0.15) is 15.9 Å². The molecule has 0 saturated carbocycles. The van der Waals surface area contributed by atoms with E-state index in [2.05, 4.69) is 10.3 Å². The summed E-state index contributed by atoms with van der Waals surface area (Å²) in [5.41, 5.74) is 0.331. The highest BCUT2D eigenvalue weighted by Gasteiger charge is 2.16. The molecule has 0 aliphatic rings. The van der Waals surface area contributed by atoms with Crippen molar-refractivity contribution in [1.82, 2.24) is 9.71 Å². The zero-order chi connectivity index (χ0) is 22.9. The first-order valence-corrected chi connectivity index (χ1v) is 11.9. The number of nitrogens with zero attached hydrogens (tertiary/aromatic N) is 2. The minimum atomic E-state index is -3.37. The first-order chi connectivity index (χ1) is 15.2. The third-order valence-electron chi connectivity index (χ3n) is 4.45. The Morgan fingerprint density at radius 3 is 2.66 bits per heavy atom. The summed E-state index contributed by atoms with van der Waals surface area (Å²) in [5, 5.41) is 2.78. The fraction of sp³-hybridized carbons (Fsp3) is 0.0952. The van der Waals surface area contributed by atoms with E-state index in [0.29, 0.717) is 15.8 Å². The van der Waals surface area contributed by atoms with Crippen LogP contribution in [0, 0.1) is 5.82 Å². The molecule has 4 rings (SSSR count). The molecule has 0 aliphatic carbocycles. The molecular formula is C21H16FN3O5S2. The molecule has 11 heteroatoms. The Bertz CT molecular complexity index is 1480. The quantitative estimate of drug-likeness (QED) is 0.462. The van der Waals surface area contributed by atoms with Crippen LogP contribution >= 0.6 is 11.3 Å². The monoisotopic (exact) mass is 473 g/mol. The Kier molecular flexibility index (Phi) is 5.76. The number of rotatable bonds is 6. The third-order valence-corrected chi connectivity index (χ3v) is 6.50. The highest BCUT2D eigenvalue weighted by atomic mass is 32.2. The van der Waals surface area contributed by atoms with Gasteiger partial charge in [0.25, 0.3) is 11.5 Å². The van der Waals surface area contributed by atoms with Crippen molar-refractivity contribution in [3.63, 3.8) is 0 Å². The average Bonchev–Trinajstić information content (AvgIpc) is 3.15. The lowest BCUT2D eigenvalue weighted by atomic mass is 10.2. The van der Waals surface area contributed by atoms with E-state index in [4.69, 9.17) is 4.84 Å². The number of aromatic nitrogens is 2. The number of benzene rings is 2. The van der Waals surface area contributed by atoms with Gasteiger partial charge in [-0.2, -0.15) is 4.73 Å². The number of hydrogen-bond acceptors (Lipinski definition) is 7. The van der Waals surface area contributed by atoms with Crippen molar-refractivity contribution >= 4 is 42.4 Å². The molecule has 0 radical (unpaired) electrons. The van der Waals surface area contributed by atoms with E-state index in [0.717, 1.165) is 22.3 Å². The summed E-state index contributed by atoms with van der Waals surface area (Å²) in [6, 6.07) is 12.9. The molecular weight excluding hydrogens is 457 g/mol. The van der Waals surface area contributed by atoms with Crippen LogP contribution in [0.4, 0.5) is 9.52 Å². The van der Waals surface area contributed by atoms with Gasteiger partial charge < -0.3 is 4.84 Å². The van der Waals surface area contributed by atoms with E-state index in [1.54, 1.807) is 6.07 Å². The Morgan fingerprint density at radius 2 is 1.94 bits per heavy atom. The van der Waals surface area contributed by atoms with Crippen LogP contribution < -0.4 is 15.7 Å². The maximum absolute atomic E-state index is 13.0. The lowest BCUT2D eigenvalue weighted by molar-refractivity contribution is 0.0863. The van der Waals surface area contributed by atoms with Gasteiger partial charge in [0, 0.05) is 12.5 Å². The molecule has 0 fully saturated rings. The van der Waals surface area contributed by atoms with Crippen molar-refractivity contribution in [2.24, 2.45) is 0 Å². The predicted octanol–water partition coefficient (Wildman–Crippen LogP) is 2.88. The number of pyridine rings is 1. The lowest BCUT2D eigenvalue weighted by Gasteiger charge is -2.09. The summed E-state index contributed by atoms with van der Waals surface area (Å²) in [6.45, 7) is 0.00575. The maximum atomic E-state index is 13.0. The van der Waals surface area contributed by atoms with E-state index in [1.807, 2.05) is 0 Å². The van der Waals surface area contributed by atoms with Crippen molar-refractivity contribution in [3.8, 4) is 0 Å². The van der Waals surface area contributed by atoms with E-state index < -0.39 is 21.3 Å². The molecule has 1 amide bonds. The molecule has 164 valence electrons.